The molecule has 0 aliphatic rings. The van der Waals surface area contributed by atoms with Gasteiger partial charge in [-0.3, -0.25) is 0 Å². The van der Waals surface area contributed by atoms with Gasteiger partial charge in [0, 0.05) is 5.39 Å². The molecule has 1 heterocycles. The van der Waals surface area contributed by atoms with E-state index in [0.717, 1.165) is 23.9 Å². The van der Waals surface area contributed by atoms with E-state index in [0.29, 0.717) is 0 Å². The molecule has 0 spiro atoms. The quantitative estimate of drug-likeness (QED) is 0.769. The number of nitrogens with one attached hydrogen (secondary N) is 1. The van der Waals surface area contributed by atoms with Crippen molar-refractivity contribution in [2.75, 3.05) is 13.6 Å². The predicted octanol–water partition coefficient (Wildman–Crippen LogP) is 3.06. The molecule has 1 aromatic carbocycles. The van der Waals surface area contributed by atoms with Crippen LogP contribution in [0.1, 0.15) is 12.0 Å². The Balaban J connectivity index is 2.10. The summed E-state index contributed by atoms with van der Waals surface area (Å²) in [6.45, 7) is 1.02. The Labute approximate surface area is 89.6 Å². The lowest BCUT2D eigenvalue weighted by Gasteiger charge is -1.94. The second-order valence-electron chi connectivity index (χ2n) is 3.51. The fourth-order valence-corrected chi connectivity index (χ4v) is 1.54. The number of benzene rings is 1. The van der Waals surface area contributed by atoms with Crippen LogP contribution in [0.3, 0.4) is 0 Å². The van der Waals surface area contributed by atoms with E-state index in [1.54, 1.807) is 6.26 Å². The molecule has 0 amide bonds. The molecule has 2 rings (SSSR count). The molecule has 78 valence electrons. The first-order valence-electron chi connectivity index (χ1n) is 5.18. The third-order valence-electron chi connectivity index (χ3n) is 2.35. The lowest BCUT2D eigenvalue weighted by atomic mass is 10.1. The third-order valence-corrected chi connectivity index (χ3v) is 2.35. The Morgan fingerprint density at radius 1 is 1.33 bits per heavy atom. The SMILES string of the molecule is CNCCC=Cc1ccc2occc2c1. The van der Waals surface area contributed by atoms with Crippen molar-refractivity contribution in [3.05, 3.63) is 42.2 Å². The summed E-state index contributed by atoms with van der Waals surface area (Å²) >= 11 is 0. The van der Waals surface area contributed by atoms with Crippen molar-refractivity contribution < 1.29 is 4.42 Å². The number of fused-ring (bicyclic) bond motifs is 1. The van der Waals surface area contributed by atoms with Crippen LogP contribution in [0.25, 0.3) is 17.0 Å². The summed E-state index contributed by atoms with van der Waals surface area (Å²) in [7, 11) is 1.96. The Kier molecular flexibility index (Phi) is 3.20. The zero-order valence-corrected chi connectivity index (χ0v) is 8.86. The normalized spacial score (nSPS) is 11.5. The van der Waals surface area contributed by atoms with Gasteiger partial charge in [-0.1, -0.05) is 18.2 Å². The molecule has 0 saturated carbocycles. The van der Waals surface area contributed by atoms with Gasteiger partial charge in [0.15, 0.2) is 0 Å². The van der Waals surface area contributed by atoms with Crippen LogP contribution in [0, 0.1) is 0 Å². The summed E-state index contributed by atoms with van der Waals surface area (Å²) in [6.07, 6.45) is 7.10. The van der Waals surface area contributed by atoms with E-state index in [2.05, 4.69) is 29.6 Å². The number of furan rings is 1. The molecule has 2 aromatic rings. The van der Waals surface area contributed by atoms with Gasteiger partial charge in [-0.2, -0.15) is 0 Å². The number of hydrogen-bond acceptors (Lipinski definition) is 2. The van der Waals surface area contributed by atoms with E-state index < -0.39 is 0 Å². The largest absolute Gasteiger partial charge is 0.464 e. The highest BCUT2D eigenvalue weighted by molar-refractivity contribution is 5.79. The lowest BCUT2D eigenvalue weighted by molar-refractivity contribution is 0.616. The van der Waals surface area contributed by atoms with Crippen molar-refractivity contribution in [3.8, 4) is 0 Å². The van der Waals surface area contributed by atoms with E-state index in [4.69, 9.17) is 4.42 Å². The minimum Gasteiger partial charge on any atom is -0.464 e. The summed E-state index contributed by atoms with van der Waals surface area (Å²) in [5.74, 6) is 0. The number of rotatable bonds is 4. The molecular weight excluding hydrogens is 186 g/mol. The summed E-state index contributed by atoms with van der Waals surface area (Å²) in [4.78, 5) is 0. The van der Waals surface area contributed by atoms with E-state index in [9.17, 15) is 0 Å². The molecule has 0 bridgehead atoms. The lowest BCUT2D eigenvalue weighted by Crippen LogP contribution is -2.05. The maximum Gasteiger partial charge on any atom is 0.133 e. The number of hydrogen-bond donors (Lipinski definition) is 1. The molecule has 0 atom stereocenters. The van der Waals surface area contributed by atoms with Gasteiger partial charge in [-0.25, -0.2) is 0 Å². The smallest absolute Gasteiger partial charge is 0.133 e. The van der Waals surface area contributed by atoms with Crippen LogP contribution in [-0.4, -0.2) is 13.6 Å². The molecule has 0 aliphatic carbocycles. The molecule has 2 nitrogen and oxygen atoms in total. The van der Waals surface area contributed by atoms with Crippen LogP contribution in [-0.2, 0) is 0 Å². The summed E-state index contributed by atoms with van der Waals surface area (Å²) in [5, 5.41) is 4.27. The third kappa shape index (κ3) is 2.48. The average Bonchev–Trinajstić information content (AvgIpc) is 2.71. The molecule has 0 saturated heterocycles. The highest BCUT2D eigenvalue weighted by Gasteiger charge is 1.95. The minimum atomic E-state index is 0.947. The molecule has 1 N–H and O–H groups in total. The van der Waals surface area contributed by atoms with Gasteiger partial charge >= 0.3 is 0 Å². The fraction of sp³-hybridized carbons (Fsp3) is 0.231. The Bertz CT molecular complexity index is 456. The van der Waals surface area contributed by atoms with E-state index in [1.165, 1.54) is 5.56 Å². The highest BCUT2D eigenvalue weighted by atomic mass is 16.3. The van der Waals surface area contributed by atoms with Gasteiger partial charge < -0.3 is 9.73 Å². The average molecular weight is 201 g/mol. The first-order chi connectivity index (χ1) is 7.40. The first kappa shape index (κ1) is 9.99. The zero-order valence-electron chi connectivity index (χ0n) is 8.86. The standard InChI is InChI=1S/C13H15NO/c1-14-8-3-2-4-11-5-6-13-12(10-11)7-9-15-13/h2,4-7,9-10,14H,3,8H2,1H3. The summed E-state index contributed by atoms with van der Waals surface area (Å²) in [5.41, 5.74) is 2.17. The first-order valence-corrected chi connectivity index (χ1v) is 5.18. The van der Waals surface area contributed by atoms with Crippen molar-refractivity contribution in [2.24, 2.45) is 0 Å². The van der Waals surface area contributed by atoms with Crippen molar-refractivity contribution in [1.82, 2.24) is 5.32 Å². The van der Waals surface area contributed by atoms with E-state index in [1.807, 2.05) is 19.2 Å². The monoisotopic (exact) mass is 201 g/mol. The van der Waals surface area contributed by atoms with Crippen molar-refractivity contribution in [3.63, 3.8) is 0 Å². The molecule has 0 fully saturated rings. The van der Waals surface area contributed by atoms with Crippen molar-refractivity contribution in [2.45, 2.75) is 6.42 Å². The van der Waals surface area contributed by atoms with E-state index in [-0.39, 0.29) is 0 Å². The molecule has 0 aliphatic heterocycles. The Hall–Kier alpha value is -1.54. The molecule has 2 heteroatoms. The van der Waals surface area contributed by atoms with Crippen molar-refractivity contribution in [1.29, 1.82) is 0 Å². The molecule has 15 heavy (non-hydrogen) atoms. The second-order valence-corrected chi connectivity index (χ2v) is 3.51. The van der Waals surface area contributed by atoms with E-state index >= 15 is 0 Å². The van der Waals surface area contributed by atoms with Gasteiger partial charge in [0.2, 0.25) is 0 Å². The maximum absolute atomic E-state index is 5.28. The summed E-state index contributed by atoms with van der Waals surface area (Å²) < 4.78 is 5.28. The van der Waals surface area contributed by atoms with Crippen LogP contribution >= 0.6 is 0 Å². The molecular formula is C13H15NO. The van der Waals surface area contributed by atoms with Crippen LogP contribution < -0.4 is 5.32 Å². The van der Waals surface area contributed by atoms with Crippen LogP contribution in [0.4, 0.5) is 0 Å². The highest BCUT2D eigenvalue weighted by Crippen LogP contribution is 2.17. The Morgan fingerprint density at radius 3 is 3.13 bits per heavy atom. The van der Waals surface area contributed by atoms with Crippen LogP contribution in [0.2, 0.25) is 0 Å². The predicted molar refractivity (Wildman–Crippen MR) is 63.8 cm³/mol. The zero-order chi connectivity index (χ0) is 10.5. The van der Waals surface area contributed by atoms with Crippen LogP contribution in [0.15, 0.2) is 41.0 Å². The maximum atomic E-state index is 5.28. The molecule has 0 radical (unpaired) electrons. The van der Waals surface area contributed by atoms with Gasteiger partial charge in [-0.15, -0.1) is 0 Å². The Morgan fingerprint density at radius 2 is 2.27 bits per heavy atom. The van der Waals surface area contributed by atoms with Gasteiger partial charge in [-0.05, 0) is 43.8 Å². The fourth-order valence-electron chi connectivity index (χ4n) is 1.54. The molecule has 0 unspecified atom stereocenters. The minimum absolute atomic E-state index is 0.947. The van der Waals surface area contributed by atoms with Crippen LogP contribution in [0.5, 0.6) is 0 Å². The second kappa shape index (κ2) is 4.80. The van der Waals surface area contributed by atoms with Gasteiger partial charge in [0.1, 0.15) is 5.58 Å². The van der Waals surface area contributed by atoms with Gasteiger partial charge in [0.25, 0.3) is 0 Å². The molecule has 1 aromatic heterocycles. The van der Waals surface area contributed by atoms with Crippen molar-refractivity contribution >= 4 is 17.0 Å². The van der Waals surface area contributed by atoms with Gasteiger partial charge in [0.05, 0.1) is 6.26 Å². The topological polar surface area (TPSA) is 25.2 Å². The summed E-state index contributed by atoms with van der Waals surface area (Å²) in [6, 6.07) is 8.20.